The molecule has 1 aromatic rings. The van der Waals surface area contributed by atoms with Gasteiger partial charge >= 0.3 is 0 Å². The molecule has 1 nitrogen and oxygen atoms in total. The maximum Gasteiger partial charge on any atom is 0.0208 e. The molecular weight excluding hydrogens is 182 g/mol. The van der Waals surface area contributed by atoms with Crippen LogP contribution in [0.1, 0.15) is 36.5 Å². The monoisotopic (exact) mass is 203 g/mol. The van der Waals surface area contributed by atoms with Gasteiger partial charge in [0.25, 0.3) is 0 Å². The SMILES string of the molecule is Cc1cc(C)cc(CNC2CC(C)C2)c1. The van der Waals surface area contributed by atoms with Gasteiger partial charge in [0.05, 0.1) is 0 Å². The Bertz CT molecular complexity index is 317. The minimum atomic E-state index is 0.765. The van der Waals surface area contributed by atoms with Gasteiger partial charge in [-0.2, -0.15) is 0 Å². The Morgan fingerprint density at radius 1 is 1.13 bits per heavy atom. The second-order valence-corrected chi connectivity index (χ2v) is 5.15. The molecule has 1 saturated carbocycles. The minimum Gasteiger partial charge on any atom is -0.310 e. The maximum absolute atomic E-state index is 3.62. The third-order valence-electron chi connectivity index (χ3n) is 3.25. The van der Waals surface area contributed by atoms with Crippen molar-refractivity contribution in [3.05, 3.63) is 34.9 Å². The normalized spacial score (nSPS) is 25.0. The van der Waals surface area contributed by atoms with Gasteiger partial charge in [0.1, 0.15) is 0 Å². The quantitative estimate of drug-likeness (QED) is 0.795. The Hall–Kier alpha value is -0.820. The van der Waals surface area contributed by atoms with Crippen LogP contribution >= 0.6 is 0 Å². The third kappa shape index (κ3) is 2.82. The molecule has 0 unspecified atom stereocenters. The van der Waals surface area contributed by atoms with Crippen LogP contribution < -0.4 is 5.32 Å². The molecule has 0 atom stereocenters. The van der Waals surface area contributed by atoms with E-state index < -0.39 is 0 Å². The number of rotatable bonds is 3. The fourth-order valence-corrected chi connectivity index (χ4v) is 2.50. The van der Waals surface area contributed by atoms with E-state index >= 15 is 0 Å². The molecule has 0 amide bonds. The van der Waals surface area contributed by atoms with E-state index in [9.17, 15) is 0 Å². The zero-order valence-electron chi connectivity index (χ0n) is 10.0. The highest BCUT2D eigenvalue weighted by Gasteiger charge is 2.24. The van der Waals surface area contributed by atoms with Crippen LogP contribution in [0.3, 0.4) is 0 Å². The molecule has 0 heterocycles. The van der Waals surface area contributed by atoms with E-state index in [2.05, 4.69) is 44.3 Å². The first-order valence-corrected chi connectivity index (χ1v) is 5.94. The molecule has 1 aliphatic rings. The molecule has 1 N–H and O–H groups in total. The largest absolute Gasteiger partial charge is 0.310 e. The predicted molar refractivity (Wildman–Crippen MR) is 64.9 cm³/mol. The Morgan fingerprint density at radius 3 is 2.27 bits per heavy atom. The van der Waals surface area contributed by atoms with Gasteiger partial charge in [-0.25, -0.2) is 0 Å². The summed E-state index contributed by atoms with van der Waals surface area (Å²) in [6, 6.07) is 7.56. The molecule has 0 radical (unpaired) electrons. The van der Waals surface area contributed by atoms with Gasteiger partial charge < -0.3 is 5.32 Å². The number of benzene rings is 1. The Kier molecular flexibility index (Phi) is 3.11. The molecule has 0 spiro atoms. The first-order chi connectivity index (χ1) is 7.13. The van der Waals surface area contributed by atoms with Crippen LogP contribution in [-0.2, 0) is 6.54 Å². The molecular formula is C14H21N. The topological polar surface area (TPSA) is 12.0 Å². The van der Waals surface area contributed by atoms with Crippen molar-refractivity contribution in [2.45, 2.75) is 46.2 Å². The molecule has 1 aromatic carbocycles. The van der Waals surface area contributed by atoms with Crippen molar-refractivity contribution < 1.29 is 0 Å². The number of hydrogen-bond donors (Lipinski definition) is 1. The molecule has 0 aliphatic heterocycles. The smallest absolute Gasteiger partial charge is 0.0208 e. The van der Waals surface area contributed by atoms with Crippen molar-refractivity contribution in [3.8, 4) is 0 Å². The van der Waals surface area contributed by atoms with Crippen molar-refractivity contribution in [2.24, 2.45) is 5.92 Å². The zero-order chi connectivity index (χ0) is 10.8. The van der Waals surface area contributed by atoms with E-state index in [1.54, 1.807) is 0 Å². The minimum absolute atomic E-state index is 0.765. The lowest BCUT2D eigenvalue weighted by Crippen LogP contribution is -2.39. The second kappa shape index (κ2) is 4.36. The van der Waals surface area contributed by atoms with E-state index in [1.165, 1.54) is 29.5 Å². The van der Waals surface area contributed by atoms with Gasteiger partial charge in [-0.15, -0.1) is 0 Å². The van der Waals surface area contributed by atoms with Crippen molar-refractivity contribution in [1.29, 1.82) is 0 Å². The summed E-state index contributed by atoms with van der Waals surface area (Å²) in [7, 11) is 0. The van der Waals surface area contributed by atoms with Gasteiger partial charge in [-0.1, -0.05) is 36.2 Å². The van der Waals surface area contributed by atoms with Gasteiger partial charge in [-0.3, -0.25) is 0 Å². The average Bonchev–Trinajstić information content (AvgIpc) is 2.09. The second-order valence-electron chi connectivity index (χ2n) is 5.15. The van der Waals surface area contributed by atoms with Crippen LogP contribution in [0.2, 0.25) is 0 Å². The van der Waals surface area contributed by atoms with Gasteiger partial charge in [-0.05, 0) is 38.2 Å². The van der Waals surface area contributed by atoms with Crippen molar-refractivity contribution in [2.75, 3.05) is 0 Å². The van der Waals surface area contributed by atoms with Crippen molar-refractivity contribution >= 4 is 0 Å². The third-order valence-corrected chi connectivity index (χ3v) is 3.25. The van der Waals surface area contributed by atoms with Crippen molar-refractivity contribution in [3.63, 3.8) is 0 Å². The fourth-order valence-electron chi connectivity index (χ4n) is 2.50. The molecule has 2 rings (SSSR count). The lowest BCUT2D eigenvalue weighted by Gasteiger charge is -2.33. The highest BCUT2D eigenvalue weighted by atomic mass is 14.9. The zero-order valence-corrected chi connectivity index (χ0v) is 10.0. The summed E-state index contributed by atoms with van der Waals surface area (Å²) in [5, 5.41) is 3.62. The highest BCUT2D eigenvalue weighted by Crippen LogP contribution is 2.26. The molecule has 1 heteroatoms. The van der Waals surface area contributed by atoms with E-state index in [4.69, 9.17) is 0 Å². The number of nitrogens with one attached hydrogen (secondary N) is 1. The molecule has 1 aliphatic carbocycles. The Balaban J connectivity index is 1.88. The summed E-state index contributed by atoms with van der Waals surface area (Å²) < 4.78 is 0. The number of aryl methyl sites for hydroxylation is 2. The number of hydrogen-bond acceptors (Lipinski definition) is 1. The summed E-state index contributed by atoms with van der Waals surface area (Å²) in [5.41, 5.74) is 4.16. The molecule has 1 fully saturated rings. The van der Waals surface area contributed by atoms with Crippen molar-refractivity contribution in [1.82, 2.24) is 5.32 Å². The van der Waals surface area contributed by atoms with Crippen LogP contribution in [0.25, 0.3) is 0 Å². The molecule has 0 aromatic heterocycles. The molecule has 0 bridgehead atoms. The molecule has 15 heavy (non-hydrogen) atoms. The highest BCUT2D eigenvalue weighted by molar-refractivity contribution is 5.28. The van der Waals surface area contributed by atoms with Crippen LogP contribution in [0.4, 0.5) is 0 Å². The van der Waals surface area contributed by atoms with E-state index in [0.29, 0.717) is 0 Å². The van der Waals surface area contributed by atoms with Crippen LogP contribution in [0.5, 0.6) is 0 Å². The summed E-state index contributed by atoms with van der Waals surface area (Å²) in [6.45, 7) is 7.69. The van der Waals surface area contributed by atoms with Crippen LogP contribution in [-0.4, -0.2) is 6.04 Å². The predicted octanol–water partition coefficient (Wildman–Crippen LogP) is 3.19. The Labute approximate surface area is 92.9 Å². The summed E-state index contributed by atoms with van der Waals surface area (Å²) >= 11 is 0. The van der Waals surface area contributed by atoms with Crippen LogP contribution in [0.15, 0.2) is 18.2 Å². The summed E-state index contributed by atoms with van der Waals surface area (Å²) in [5.74, 6) is 0.932. The fraction of sp³-hybridized carbons (Fsp3) is 0.571. The van der Waals surface area contributed by atoms with E-state index in [1.807, 2.05) is 0 Å². The van der Waals surface area contributed by atoms with E-state index in [-0.39, 0.29) is 0 Å². The van der Waals surface area contributed by atoms with E-state index in [0.717, 1.165) is 18.5 Å². The summed E-state index contributed by atoms with van der Waals surface area (Å²) in [6.07, 6.45) is 2.70. The summed E-state index contributed by atoms with van der Waals surface area (Å²) in [4.78, 5) is 0. The molecule has 0 saturated heterocycles. The first-order valence-electron chi connectivity index (χ1n) is 5.94. The Morgan fingerprint density at radius 2 is 1.73 bits per heavy atom. The first kappa shape index (κ1) is 10.7. The average molecular weight is 203 g/mol. The van der Waals surface area contributed by atoms with Gasteiger partial charge in [0.15, 0.2) is 0 Å². The maximum atomic E-state index is 3.62. The van der Waals surface area contributed by atoms with Gasteiger partial charge in [0, 0.05) is 12.6 Å². The van der Waals surface area contributed by atoms with Gasteiger partial charge in [0.2, 0.25) is 0 Å². The molecule has 82 valence electrons. The standard InChI is InChI=1S/C14H21N/c1-10-4-11(2)6-13(5-10)9-15-14-7-12(3)8-14/h4-6,12,14-15H,7-9H2,1-3H3. The van der Waals surface area contributed by atoms with Crippen LogP contribution in [0, 0.1) is 19.8 Å². The lowest BCUT2D eigenvalue weighted by molar-refractivity contribution is 0.240. The lowest BCUT2D eigenvalue weighted by atomic mass is 9.82.